The quantitative estimate of drug-likeness (QED) is 0.417. The molecule has 0 amide bonds. The molecule has 0 radical (unpaired) electrons. The van der Waals surface area contributed by atoms with Gasteiger partial charge in [0, 0.05) is 18.4 Å². The van der Waals surface area contributed by atoms with Gasteiger partial charge in [0.2, 0.25) is 0 Å². The Balaban J connectivity index is 0.000000317. The molecule has 0 saturated heterocycles. The standard InChI is InChI=1S/C16H26.C13H18N2O.CH4O/c1-5-7-11-15(9-6-2)16-12-8-10-13(3)14(16)4;1-5-11-13-10(4)8(2)6-12(13)15(14-11)7-9(3)16;1-2/h8,10,12,15H,5-7,9,11H2,1-4H3;5,8,10H,1,6-7H2,2-4H3;2H,1H3/t;8-,10?;/m.1./s1. The zero-order chi connectivity index (χ0) is 25.8. The first-order chi connectivity index (χ1) is 16.2. The Labute approximate surface area is 208 Å². The molecule has 3 atom stereocenters. The first-order valence-electron chi connectivity index (χ1n) is 13.0. The van der Waals surface area contributed by atoms with E-state index < -0.39 is 0 Å². The van der Waals surface area contributed by atoms with Gasteiger partial charge in [-0.05, 0) is 80.6 Å². The summed E-state index contributed by atoms with van der Waals surface area (Å²) < 4.78 is 1.86. The smallest absolute Gasteiger partial charge is 0.151 e. The first kappa shape index (κ1) is 29.8. The van der Waals surface area contributed by atoms with Gasteiger partial charge in [0.1, 0.15) is 0 Å². The minimum Gasteiger partial charge on any atom is -0.400 e. The number of Topliss-reactive ketones (excluding diaryl/α,β-unsaturated/α-hetero) is 1. The van der Waals surface area contributed by atoms with Gasteiger partial charge in [0.25, 0.3) is 0 Å². The van der Waals surface area contributed by atoms with E-state index in [-0.39, 0.29) is 5.78 Å². The molecule has 3 rings (SSSR count). The summed E-state index contributed by atoms with van der Waals surface area (Å²) in [4.78, 5) is 11.2. The lowest BCUT2D eigenvalue weighted by atomic mass is 9.86. The average Bonchev–Trinajstić information content (AvgIpc) is 3.31. The van der Waals surface area contributed by atoms with Gasteiger partial charge in [-0.3, -0.25) is 9.48 Å². The lowest BCUT2D eigenvalue weighted by Gasteiger charge is -2.19. The van der Waals surface area contributed by atoms with Crippen LogP contribution in [0.1, 0.15) is 112 Å². The van der Waals surface area contributed by atoms with E-state index in [2.05, 4.69) is 71.4 Å². The van der Waals surface area contributed by atoms with Crippen LogP contribution in [-0.2, 0) is 17.8 Å². The Morgan fingerprint density at radius 3 is 2.44 bits per heavy atom. The molecule has 190 valence electrons. The number of aryl methyl sites for hydroxylation is 1. The highest BCUT2D eigenvalue weighted by atomic mass is 16.2. The van der Waals surface area contributed by atoms with Crippen LogP contribution in [0.15, 0.2) is 24.8 Å². The average molecular weight is 469 g/mol. The van der Waals surface area contributed by atoms with Crippen LogP contribution < -0.4 is 0 Å². The molecule has 2 unspecified atom stereocenters. The summed E-state index contributed by atoms with van der Waals surface area (Å²) in [5.74, 6) is 2.08. The molecular formula is C30H48N2O2. The molecule has 0 bridgehead atoms. The second kappa shape index (κ2) is 14.9. The summed E-state index contributed by atoms with van der Waals surface area (Å²) in [7, 11) is 1.00. The van der Waals surface area contributed by atoms with E-state index in [1.54, 1.807) is 18.6 Å². The van der Waals surface area contributed by atoms with E-state index in [4.69, 9.17) is 5.11 Å². The van der Waals surface area contributed by atoms with Gasteiger partial charge in [-0.1, -0.05) is 71.7 Å². The van der Waals surface area contributed by atoms with Crippen molar-refractivity contribution in [1.82, 2.24) is 9.78 Å². The highest BCUT2D eigenvalue weighted by molar-refractivity contribution is 5.75. The molecule has 1 aromatic heterocycles. The number of hydrogen-bond donors (Lipinski definition) is 1. The fraction of sp³-hybridized carbons (Fsp3) is 0.600. The molecule has 1 N–H and O–H groups in total. The molecule has 0 fully saturated rings. The number of aromatic nitrogens is 2. The van der Waals surface area contributed by atoms with Gasteiger partial charge >= 0.3 is 0 Å². The second-order valence-electron chi connectivity index (χ2n) is 9.70. The van der Waals surface area contributed by atoms with Gasteiger partial charge in [-0.25, -0.2) is 0 Å². The SMILES string of the molecule is C=Cc1nn(CC(C)=O)c2c1C(C)[C@H](C)C2.CCCCC(CCC)c1cccc(C)c1C.CO. The van der Waals surface area contributed by atoms with Crippen LogP contribution in [0.3, 0.4) is 0 Å². The fourth-order valence-corrected chi connectivity index (χ4v) is 4.97. The van der Waals surface area contributed by atoms with Crippen molar-refractivity contribution in [3.05, 3.63) is 58.4 Å². The number of benzene rings is 1. The summed E-state index contributed by atoms with van der Waals surface area (Å²) in [6, 6.07) is 6.77. The third-order valence-electron chi connectivity index (χ3n) is 7.15. The molecule has 4 heteroatoms. The van der Waals surface area contributed by atoms with Crippen LogP contribution in [0.5, 0.6) is 0 Å². The van der Waals surface area contributed by atoms with Gasteiger partial charge in [0.05, 0.1) is 12.2 Å². The topological polar surface area (TPSA) is 55.1 Å². The molecule has 1 aromatic carbocycles. The van der Waals surface area contributed by atoms with Crippen molar-refractivity contribution in [2.75, 3.05) is 7.11 Å². The second-order valence-corrected chi connectivity index (χ2v) is 9.70. The van der Waals surface area contributed by atoms with Crippen molar-refractivity contribution in [2.24, 2.45) is 5.92 Å². The predicted molar refractivity (Wildman–Crippen MR) is 146 cm³/mol. The van der Waals surface area contributed by atoms with E-state index in [0.717, 1.165) is 25.1 Å². The van der Waals surface area contributed by atoms with Crippen molar-refractivity contribution < 1.29 is 9.90 Å². The van der Waals surface area contributed by atoms with E-state index in [1.165, 1.54) is 54.5 Å². The minimum atomic E-state index is 0.146. The Morgan fingerprint density at radius 2 is 1.88 bits per heavy atom. The third-order valence-corrected chi connectivity index (χ3v) is 7.15. The predicted octanol–water partition coefficient (Wildman–Crippen LogP) is 7.40. The molecule has 0 aliphatic heterocycles. The molecule has 0 spiro atoms. The number of hydrogen-bond acceptors (Lipinski definition) is 3. The molecular weight excluding hydrogens is 420 g/mol. The van der Waals surface area contributed by atoms with Crippen molar-refractivity contribution in [3.63, 3.8) is 0 Å². The lowest BCUT2D eigenvalue weighted by molar-refractivity contribution is -0.117. The zero-order valence-corrected chi connectivity index (χ0v) is 22.9. The molecule has 1 aliphatic carbocycles. The maximum absolute atomic E-state index is 11.2. The van der Waals surface area contributed by atoms with Gasteiger partial charge in [0.15, 0.2) is 5.78 Å². The lowest BCUT2D eigenvalue weighted by Crippen LogP contribution is -2.11. The zero-order valence-electron chi connectivity index (χ0n) is 22.9. The van der Waals surface area contributed by atoms with E-state index in [1.807, 2.05) is 4.68 Å². The number of carbonyl (C=O) groups is 1. The van der Waals surface area contributed by atoms with Crippen LogP contribution in [0.25, 0.3) is 6.08 Å². The molecule has 1 aliphatic rings. The van der Waals surface area contributed by atoms with Gasteiger partial charge in [-0.2, -0.15) is 5.10 Å². The summed E-state index contributed by atoms with van der Waals surface area (Å²) >= 11 is 0. The van der Waals surface area contributed by atoms with Crippen LogP contribution in [0.4, 0.5) is 0 Å². The van der Waals surface area contributed by atoms with Crippen LogP contribution in [0, 0.1) is 19.8 Å². The molecule has 2 aromatic rings. The Morgan fingerprint density at radius 1 is 1.21 bits per heavy atom. The Hall–Kier alpha value is -2.20. The normalized spacial score (nSPS) is 17.1. The Kier molecular flexibility index (Phi) is 13.1. The number of carbonyl (C=O) groups excluding carboxylic acids is 1. The van der Waals surface area contributed by atoms with E-state index >= 15 is 0 Å². The Bertz CT molecular complexity index is 913. The highest BCUT2D eigenvalue weighted by Gasteiger charge is 2.32. The monoisotopic (exact) mass is 468 g/mol. The molecule has 34 heavy (non-hydrogen) atoms. The van der Waals surface area contributed by atoms with Gasteiger partial charge in [-0.15, -0.1) is 0 Å². The van der Waals surface area contributed by atoms with Crippen molar-refractivity contribution >= 4 is 11.9 Å². The van der Waals surface area contributed by atoms with Crippen LogP contribution in [0.2, 0.25) is 0 Å². The minimum absolute atomic E-state index is 0.146. The number of aliphatic hydroxyl groups is 1. The van der Waals surface area contributed by atoms with Crippen LogP contribution >= 0.6 is 0 Å². The molecule has 4 nitrogen and oxygen atoms in total. The number of unbranched alkanes of at least 4 members (excludes halogenated alkanes) is 1. The first-order valence-corrected chi connectivity index (χ1v) is 13.0. The maximum atomic E-state index is 11.2. The number of nitrogens with zero attached hydrogens (tertiary/aromatic N) is 2. The van der Waals surface area contributed by atoms with Crippen molar-refractivity contribution in [3.8, 4) is 0 Å². The number of ketones is 1. The van der Waals surface area contributed by atoms with Crippen molar-refractivity contribution in [1.29, 1.82) is 0 Å². The third kappa shape index (κ3) is 7.66. The molecule has 1 heterocycles. The summed E-state index contributed by atoms with van der Waals surface area (Å²) in [6.07, 6.45) is 9.47. The van der Waals surface area contributed by atoms with Gasteiger partial charge < -0.3 is 5.11 Å². The summed E-state index contributed by atoms with van der Waals surface area (Å²) in [5, 5.41) is 11.5. The molecule has 0 saturated carbocycles. The summed E-state index contributed by atoms with van der Waals surface area (Å²) in [5.41, 5.74) is 8.02. The van der Waals surface area contributed by atoms with E-state index in [9.17, 15) is 4.79 Å². The fourth-order valence-electron chi connectivity index (χ4n) is 4.97. The number of aliphatic hydroxyl groups excluding tert-OH is 1. The number of rotatable bonds is 9. The van der Waals surface area contributed by atoms with Crippen molar-refractivity contribution in [2.45, 2.75) is 105 Å². The maximum Gasteiger partial charge on any atom is 0.151 e. The largest absolute Gasteiger partial charge is 0.400 e. The number of fused-ring (bicyclic) bond motifs is 1. The highest BCUT2D eigenvalue weighted by Crippen LogP contribution is 2.39. The van der Waals surface area contributed by atoms with Crippen LogP contribution in [-0.4, -0.2) is 27.8 Å². The summed E-state index contributed by atoms with van der Waals surface area (Å²) in [6.45, 7) is 19.3. The van der Waals surface area contributed by atoms with E-state index in [0.29, 0.717) is 18.4 Å².